The van der Waals surface area contributed by atoms with E-state index in [1.165, 1.54) is 0 Å². The Labute approximate surface area is 104 Å². The quantitative estimate of drug-likeness (QED) is 0.583. The van der Waals surface area contributed by atoms with E-state index in [1.807, 2.05) is 27.7 Å². The molecule has 5 heteroatoms. The SMILES string of the molecule is CCC(CC)(C(C)C)C(Br)(C(=O)O)C(=O)O. The van der Waals surface area contributed by atoms with Crippen LogP contribution in [0.2, 0.25) is 0 Å². The van der Waals surface area contributed by atoms with Crippen molar-refractivity contribution in [3.8, 4) is 0 Å². The lowest BCUT2D eigenvalue weighted by molar-refractivity contribution is -0.159. The second-order valence-corrected chi connectivity index (χ2v) is 5.48. The monoisotopic (exact) mass is 294 g/mol. The third-order valence-corrected chi connectivity index (χ3v) is 5.11. The Morgan fingerprint density at radius 3 is 1.50 bits per heavy atom. The predicted octanol–water partition coefficient (Wildman–Crippen LogP) is 2.75. The molecule has 4 nitrogen and oxygen atoms in total. The van der Waals surface area contributed by atoms with Crippen molar-refractivity contribution in [2.75, 3.05) is 0 Å². The van der Waals surface area contributed by atoms with E-state index in [0.29, 0.717) is 12.8 Å². The zero-order valence-electron chi connectivity index (χ0n) is 10.1. The predicted molar refractivity (Wildman–Crippen MR) is 64.8 cm³/mol. The Morgan fingerprint density at radius 2 is 1.44 bits per heavy atom. The molecule has 0 fully saturated rings. The topological polar surface area (TPSA) is 74.6 Å². The fraction of sp³-hybridized carbons (Fsp3) is 0.818. The molecule has 0 aromatic heterocycles. The molecule has 0 aromatic carbocycles. The first kappa shape index (κ1) is 15.4. The van der Waals surface area contributed by atoms with Gasteiger partial charge in [-0.25, -0.2) is 0 Å². The molecular weight excluding hydrogens is 276 g/mol. The summed E-state index contributed by atoms with van der Waals surface area (Å²) in [4.78, 5) is 22.6. The van der Waals surface area contributed by atoms with Crippen LogP contribution in [0.5, 0.6) is 0 Å². The molecule has 0 amide bonds. The van der Waals surface area contributed by atoms with Crippen molar-refractivity contribution < 1.29 is 19.8 Å². The summed E-state index contributed by atoms with van der Waals surface area (Å²) in [6, 6.07) is 0. The van der Waals surface area contributed by atoms with Crippen LogP contribution < -0.4 is 0 Å². The number of halogens is 1. The first-order valence-electron chi connectivity index (χ1n) is 5.36. The molecule has 0 spiro atoms. The average molecular weight is 295 g/mol. The second kappa shape index (κ2) is 5.17. The second-order valence-electron chi connectivity index (χ2n) is 4.29. The summed E-state index contributed by atoms with van der Waals surface area (Å²) >= 11 is 2.96. The smallest absolute Gasteiger partial charge is 0.332 e. The summed E-state index contributed by atoms with van der Waals surface area (Å²) < 4.78 is -1.92. The number of carbonyl (C=O) groups is 2. The van der Waals surface area contributed by atoms with Gasteiger partial charge in [0, 0.05) is 5.41 Å². The van der Waals surface area contributed by atoms with E-state index in [9.17, 15) is 19.8 Å². The van der Waals surface area contributed by atoms with Crippen molar-refractivity contribution in [3.05, 3.63) is 0 Å². The highest BCUT2D eigenvalue weighted by Crippen LogP contribution is 2.50. The molecule has 0 aliphatic carbocycles. The van der Waals surface area contributed by atoms with Gasteiger partial charge in [0.2, 0.25) is 4.32 Å². The van der Waals surface area contributed by atoms with E-state index in [2.05, 4.69) is 15.9 Å². The summed E-state index contributed by atoms with van der Waals surface area (Å²) in [7, 11) is 0. The number of carboxylic acids is 2. The lowest BCUT2D eigenvalue weighted by Gasteiger charge is -2.44. The summed E-state index contributed by atoms with van der Waals surface area (Å²) in [6.45, 7) is 7.36. The number of rotatable bonds is 6. The molecule has 16 heavy (non-hydrogen) atoms. The highest BCUT2D eigenvalue weighted by Gasteiger charge is 2.60. The van der Waals surface area contributed by atoms with E-state index < -0.39 is 21.7 Å². The zero-order chi connectivity index (χ0) is 13.1. The highest BCUT2D eigenvalue weighted by molar-refractivity contribution is 9.10. The van der Waals surface area contributed by atoms with Crippen LogP contribution >= 0.6 is 15.9 Å². The minimum atomic E-state index is -1.92. The van der Waals surface area contributed by atoms with Gasteiger partial charge in [0.15, 0.2) is 0 Å². The summed E-state index contributed by atoms with van der Waals surface area (Å²) in [6.07, 6.45) is 0.982. The first-order chi connectivity index (χ1) is 7.20. The number of alkyl halides is 1. The Morgan fingerprint density at radius 1 is 1.12 bits per heavy atom. The third-order valence-electron chi connectivity index (χ3n) is 3.64. The molecule has 0 unspecified atom stereocenters. The van der Waals surface area contributed by atoms with E-state index in [0.717, 1.165) is 0 Å². The van der Waals surface area contributed by atoms with Crippen molar-refractivity contribution >= 4 is 27.9 Å². The van der Waals surface area contributed by atoms with Crippen molar-refractivity contribution in [2.45, 2.75) is 44.9 Å². The van der Waals surface area contributed by atoms with Gasteiger partial charge in [0.25, 0.3) is 0 Å². The van der Waals surface area contributed by atoms with Crippen molar-refractivity contribution in [1.82, 2.24) is 0 Å². The molecule has 0 aliphatic heterocycles. The summed E-state index contributed by atoms with van der Waals surface area (Å²) in [5, 5.41) is 18.4. The molecule has 0 rings (SSSR count). The van der Waals surface area contributed by atoms with Gasteiger partial charge in [0.05, 0.1) is 0 Å². The molecule has 0 aliphatic rings. The summed E-state index contributed by atoms with van der Waals surface area (Å²) in [5.41, 5.74) is -0.801. The fourth-order valence-electron chi connectivity index (χ4n) is 2.47. The molecule has 2 N–H and O–H groups in total. The van der Waals surface area contributed by atoms with Crippen LogP contribution in [0.4, 0.5) is 0 Å². The van der Waals surface area contributed by atoms with E-state index >= 15 is 0 Å². The molecule has 94 valence electrons. The molecular formula is C11H19BrO4. The van der Waals surface area contributed by atoms with Gasteiger partial charge in [-0.3, -0.25) is 9.59 Å². The van der Waals surface area contributed by atoms with Crippen molar-refractivity contribution in [1.29, 1.82) is 0 Å². The number of aliphatic carboxylic acids is 2. The molecule has 0 bridgehead atoms. The molecule has 0 saturated carbocycles. The van der Waals surface area contributed by atoms with Crippen LogP contribution in [0.3, 0.4) is 0 Å². The van der Waals surface area contributed by atoms with Crippen LogP contribution in [0.1, 0.15) is 40.5 Å². The standard InChI is InChI=1S/C11H19BrO4/c1-5-10(6-2,7(3)4)11(12,8(13)14)9(15)16/h7H,5-6H2,1-4H3,(H,13,14)(H,15,16). The molecule has 0 radical (unpaired) electrons. The number of hydrogen-bond donors (Lipinski definition) is 2. The minimum Gasteiger partial charge on any atom is -0.480 e. The number of carboxylic acid groups (broad SMARTS) is 2. The van der Waals surface area contributed by atoms with E-state index in [-0.39, 0.29) is 5.92 Å². The van der Waals surface area contributed by atoms with Gasteiger partial charge in [-0.15, -0.1) is 0 Å². The minimum absolute atomic E-state index is 0.0472. The lowest BCUT2D eigenvalue weighted by atomic mass is 9.64. The van der Waals surface area contributed by atoms with E-state index in [4.69, 9.17) is 0 Å². The molecule has 0 saturated heterocycles. The maximum Gasteiger partial charge on any atom is 0.332 e. The maximum atomic E-state index is 11.3. The Bertz CT molecular complexity index is 268. The van der Waals surface area contributed by atoms with Crippen LogP contribution in [-0.4, -0.2) is 26.5 Å². The molecule has 0 aromatic rings. The molecule has 0 atom stereocenters. The van der Waals surface area contributed by atoms with Gasteiger partial charge in [0.1, 0.15) is 0 Å². The van der Waals surface area contributed by atoms with Crippen LogP contribution in [0.15, 0.2) is 0 Å². The van der Waals surface area contributed by atoms with Crippen molar-refractivity contribution in [2.24, 2.45) is 11.3 Å². The zero-order valence-corrected chi connectivity index (χ0v) is 11.7. The van der Waals surface area contributed by atoms with Crippen LogP contribution in [0.25, 0.3) is 0 Å². The maximum absolute atomic E-state index is 11.3. The summed E-state index contributed by atoms with van der Waals surface area (Å²) in [5.74, 6) is -2.72. The van der Waals surface area contributed by atoms with Gasteiger partial charge >= 0.3 is 11.9 Å². The first-order valence-corrected chi connectivity index (χ1v) is 6.15. The van der Waals surface area contributed by atoms with Crippen LogP contribution in [0, 0.1) is 11.3 Å². The average Bonchev–Trinajstić information content (AvgIpc) is 2.18. The van der Waals surface area contributed by atoms with E-state index in [1.54, 1.807) is 0 Å². The van der Waals surface area contributed by atoms with Gasteiger partial charge in [-0.05, 0) is 18.8 Å². The fourth-order valence-corrected chi connectivity index (χ4v) is 3.49. The van der Waals surface area contributed by atoms with Crippen LogP contribution in [-0.2, 0) is 9.59 Å². The largest absolute Gasteiger partial charge is 0.480 e. The Kier molecular flexibility index (Phi) is 4.98. The van der Waals surface area contributed by atoms with Gasteiger partial charge in [-0.1, -0.05) is 43.6 Å². The Hall–Kier alpha value is -0.580. The third kappa shape index (κ3) is 1.97. The van der Waals surface area contributed by atoms with Crippen molar-refractivity contribution in [3.63, 3.8) is 0 Å². The lowest BCUT2D eigenvalue weighted by Crippen LogP contribution is -2.57. The van der Waals surface area contributed by atoms with Gasteiger partial charge < -0.3 is 10.2 Å². The molecule has 0 heterocycles. The highest BCUT2D eigenvalue weighted by atomic mass is 79.9. The number of hydrogen-bond acceptors (Lipinski definition) is 2. The van der Waals surface area contributed by atoms with Gasteiger partial charge in [-0.2, -0.15) is 0 Å². The normalized spacial score (nSPS) is 12.9. The Balaban J connectivity index is 5.81.